The van der Waals surface area contributed by atoms with Gasteiger partial charge in [-0.05, 0) is 24.3 Å². The fraction of sp³-hybridized carbons (Fsp3) is 0.222. The van der Waals surface area contributed by atoms with E-state index in [4.69, 9.17) is 11.6 Å². The van der Waals surface area contributed by atoms with Crippen molar-refractivity contribution in [2.45, 2.75) is 6.54 Å². The summed E-state index contributed by atoms with van der Waals surface area (Å²) in [6, 6.07) is 8.84. The standard InChI is InChI=1S/C18H17ClF3N3O2/c1-25(9-11-3-2-4-12(19)7-11)10-16(27)23-8-15(26)24-14-6-5-13(20)17(21)18(14)22/h2-7H,8-10H2,1H3,(H,23,27)(H,24,26)/p+1. The van der Waals surface area contributed by atoms with E-state index in [1.807, 2.05) is 12.1 Å². The van der Waals surface area contributed by atoms with Crippen LogP contribution >= 0.6 is 11.6 Å². The topological polar surface area (TPSA) is 62.6 Å². The summed E-state index contributed by atoms with van der Waals surface area (Å²) >= 11 is 5.91. The minimum Gasteiger partial charge on any atom is -0.342 e. The smallest absolute Gasteiger partial charge is 0.275 e. The number of rotatable bonds is 7. The number of halogens is 4. The van der Waals surface area contributed by atoms with Crippen molar-refractivity contribution in [3.8, 4) is 0 Å². The summed E-state index contributed by atoms with van der Waals surface area (Å²) in [5.74, 6) is -5.69. The van der Waals surface area contributed by atoms with E-state index >= 15 is 0 Å². The van der Waals surface area contributed by atoms with E-state index in [-0.39, 0.29) is 6.54 Å². The molecule has 27 heavy (non-hydrogen) atoms. The van der Waals surface area contributed by atoms with Crippen LogP contribution in [-0.2, 0) is 16.1 Å². The number of hydrogen-bond donors (Lipinski definition) is 3. The molecule has 1 unspecified atom stereocenters. The summed E-state index contributed by atoms with van der Waals surface area (Å²) in [6.45, 7) is 0.224. The Morgan fingerprint density at radius 2 is 1.81 bits per heavy atom. The first-order valence-electron chi connectivity index (χ1n) is 8.02. The summed E-state index contributed by atoms with van der Waals surface area (Å²) < 4.78 is 39.5. The Labute approximate surface area is 159 Å². The van der Waals surface area contributed by atoms with Crippen LogP contribution in [0.2, 0.25) is 5.02 Å². The number of hydrogen-bond acceptors (Lipinski definition) is 2. The van der Waals surface area contributed by atoms with Gasteiger partial charge in [0.25, 0.3) is 5.91 Å². The van der Waals surface area contributed by atoms with Crippen molar-refractivity contribution in [2.24, 2.45) is 0 Å². The minimum absolute atomic E-state index is 0.0966. The highest BCUT2D eigenvalue weighted by Gasteiger charge is 2.16. The Balaban J connectivity index is 1.79. The fourth-order valence-corrected chi connectivity index (χ4v) is 2.60. The second-order valence-electron chi connectivity index (χ2n) is 5.99. The Kier molecular flexibility index (Phi) is 7.20. The van der Waals surface area contributed by atoms with Gasteiger partial charge in [0.05, 0.1) is 19.3 Å². The van der Waals surface area contributed by atoms with Crippen LogP contribution in [0, 0.1) is 17.5 Å². The predicted molar refractivity (Wildman–Crippen MR) is 94.9 cm³/mol. The third-order valence-corrected chi connectivity index (χ3v) is 3.85. The zero-order chi connectivity index (χ0) is 20.0. The number of quaternary nitrogens is 1. The quantitative estimate of drug-likeness (QED) is 0.617. The average molecular weight is 401 g/mol. The first-order valence-corrected chi connectivity index (χ1v) is 8.40. The monoisotopic (exact) mass is 400 g/mol. The summed E-state index contributed by atoms with van der Waals surface area (Å²) in [5, 5.41) is 5.07. The summed E-state index contributed by atoms with van der Waals surface area (Å²) in [6.07, 6.45) is 0. The van der Waals surface area contributed by atoms with Gasteiger partial charge in [-0.2, -0.15) is 0 Å². The van der Waals surface area contributed by atoms with Crippen molar-refractivity contribution in [3.63, 3.8) is 0 Å². The lowest BCUT2D eigenvalue weighted by molar-refractivity contribution is -0.885. The average Bonchev–Trinajstić information content (AvgIpc) is 2.60. The van der Waals surface area contributed by atoms with Gasteiger partial charge in [-0.25, -0.2) is 13.2 Å². The molecule has 2 aromatic carbocycles. The van der Waals surface area contributed by atoms with Crippen molar-refractivity contribution >= 4 is 29.1 Å². The molecule has 0 fully saturated rings. The second kappa shape index (κ2) is 9.38. The number of benzene rings is 2. The molecule has 0 aliphatic rings. The van der Waals surface area contributed by atoms with Gasteiger partial charge in [0, 0.05) is 10.6 Å². The highest BCUT2D eigenvalue weighted by molar-refractivity contribution is 6.30. The summed E-state index contributed by atoms with van der Waals surface area (Å²) in [5.41, 5.74) is 0.455. The van der Waals surface area contributed by atoms with E-state index in [1.165, 1.54) is 0 Å². The molecule has 0 saturated heterocycles. The molecule has 0 radical (unpaired) electrons. The van der Waals surface area contributed by atoms with Crippen LogP contribution in [0.3, 0.4) is 0 Å². The van der Waals surface area contributed by atoms with Crippen LogP contribution in [0.1, 0.15) is 5.56 Å². The molecule has 0 aliphatic carbocycles. The molecule has 9 heteroatoms. The predicted octanol–water partition coefficient (Wildman–Crippen LogP) is 1.53. The number of carbonyl (C=O) groups is 2. The van der Waals surface area contributed by atoms with Crippen LogP contribution in [0.15, 0.2) is 36.4 Å². The largest absolute Gasteiger partial charge is 0.342 e. The number of carbonyl (C=O) groups excluding carboxylic acids is 2. The molecule has 0 aliphatic heterocycles. The number of nitrogens with one attached hydrogen (secondary N) is 3. The lowest BCUT2D eigenvalue weighted by atomic mass is 10.2. The van der Waals surface area contributed by atoms with Crippen molar-refractivity contribution in [1.82, 2.24) is 5.32 Å². The molecule has 3 N–H and O–H groups in total. The SMILES string of the molecule is C[NH+](CC(=O)NCC(=O)Nc1ccc(F)c(F)c1F)Cc1cccc(Cl)c1. The maximum absolute atomic E-state index is 13.5. The highest BCUT2D eigenvalue weighted by atomic mass is 35.5. The molecule has 144 valence electrons. The van der Waals surface area contributed by atoms with Gasteiger partial charge in [0.1, 0.15) is 6.54 Å². The van der Waals surface area contributed by atoms with Crippen molar-refractivity contribution < 1.29 is 27.7 Å². The van der Waals surface area contributed by atoms with Crippen LogP contribution in [-0.4, -0.2) is 32.0 Å². The van der Waals surface area contributed by atoms with Crippen LogP contribution in [0.4, 0.5) is 18.9 Å². The van der Waals surface area contributed by atoms with Gasteiger partial charge < -0.3 is 15.5 Å². The zero-order valence-electron chi connectivity index (χ0n) is 14.4. The van der Waals surface area contributed by atoms with Gasteiger partial charge in [-0.1, -0.05) is 23.7 Å². The molecule has 0 aromatic heterocycles. The number of likely N-dealkylation sites (N-methyl/N-ethyl adjacent to an activating group) is 1. The Morgan fingerprint density at radius 1 is 1.07 bits per heavy atom. The molecule has 0 bridgehead atoms. The molecule has 1 atom stereocenters. The summed E-state index contributed by atoms with van der Waals surface area (Å²) in [4.78, 5) is 24.5. The molecular formula is C18H18ClF3N3O2+. The molecule has 0 saturated carbocycles. The zero-order valence-corrected chi connectivity index (χ0v) is 15.2. The second-order valence-corrected chi connectivity index (χ2v) is 6.42. The third-order valence-electron chi connectivity index (χ3n) is 3.61. The minimum atomic E-state index is -1.68. The molecule has 2 rings (SSSR count). The molecule has 0 spiro atoms. The van der Waals surface area contributed by atoms with Gasteiger partial charge in [0.15, 0.2) is 24.0 Å². The van der Waals surface area contributed by atoms with E-state index in [0.29, 0.717) is 17.6 Å². The maximum Gasteiger partial charge on any atom is 0.275 e. The first kappa shape index (κ1) is 20.7. The van der Waals surface area contributed by atoms with Crippen molar-refractivity contribution in [2.75, 3.05) is 25.5 Å². The summed E-state index contributed by atoms with van der Waals surface area (Å²) in [7, 11) is 1.80. The van der Waals surface area contributed by atoms with Crippen molar-refractivity contribution in [1.29, 1.82) is 0 Å². The third kappa shape index (κ3) is 6.26. The van der Waals surface area contributed by atoms with Gasteiger partial charge in [-0.15, -0.1) is 0 Å². The van der Waals surface area contributed by atoms with Crippen LogP contribution < -0.4 is 15.5 Å². The lowest BCUT2D eigenvalue weighted by Crippen LogP contribution is -3.08. The molecule has 0 heterocycles. The highest BCUT2D eigenvalue weighted by Crippen LogP contribution is 2.19. The Hall–Kier alpha value is -2.58. The molecule has 2 amide bonds. The van der Waals surface area contributed by atoms with E-state index in [9.17, 15) is 22.8 Å². The first-order chi connectivity index (χ1) is 12.8. The van der Waals surface area contributed by atoms with Crippen LogP contribution in [0.25, 0.3) is 0 Å². The Bertz CT molecular complexity index is 849. The van der Waals surface area contributed by atoms with E-state index in [1.54, 1.807) is 19.2 Å². The normalized spacial score (nSPS) is 11.7. The van der Waals surface area contributed by atoms with Crippen LogP contribution in [0.5, 0.6) is 0 Å². The molecular weight excluding hydrogens is 383 g/mol. The maximum atomic E-state index is 13.5. The molecule has 2 aromatic rings. The van der Waals surface area contributed by atoms with E-state index in [2.05, 4.69) is 10.6 Å². The van der Waals surface area contributed by atoms with E-state index in [0.717, 1.165) is 16.5 Å². The van der Waals surface area contributed by atoms with Crippen molar-refractivity contribution in [3.05, 3.63) is 64.4 Å². The van der Waals surface area contributed by atoms with Gasteiger partial charge >= 0.3 is 0 Å². The number of anilines is 1. The van der Waals surface area contributed by atoms with E-state index < -0.39 is 41.5 Å². The van der Waals surface area contributed by atoms with Gasteiger partial charge in [0.2, 0.25) is 5.91 Å². The Morgan fingerprint density at radius 3 is 2.52 bits per heavy atom. The van der Waals surface area contributed by atoms with Gasteiger partial charge in [-0.3, -0.25) is 9.59 Å². The fourth-order valence-electron chi connectivity index (χ4n) is 2.39. The molecule has 5 nitrogen and oxygen atoms in total. The lowest BCUT2D eigenvalue weighted by Gasteiger charge is -2.14. The number of amides is 2.